The molecule has 1 aromatic carbocycles. The SMILES string of the molecule is COc1ccc(CN2CCCC2CN(C)C)cc1C#N. The first-order valence-corrected chi connectivity index (χ1v) is 7.10. The molecule has 0 aliphatic carbocycles. The van der Waals surface area contributed by atoms with E-state index in [1.807, 2.05) is 12.1 Å². The van der Waals surface area contributed by atoms with E-state index in [1.165, 1.54) is 18.4 Å². The van der Waals surface area contributed by atoms with E-state index in [1.54, 1.807) is 7.11 Å². The Kier molecular flexibility index (Phi) is 4.99. The van der Waals surface area contributed by atoms with E-state index in [0.29, 0.717) is 17.4 Å². The summed E-state index contributed by atoms with van der Waals surface area (Å²) in [6.07, 6.45) is 2.53. The first-order valence-electron chi connectivity index (χ1n) is 7.10. The number of benzene rings is 1. The van der Waals surface area contributed by atoms with Gasteiger partial charge < -0.3 is 9.64 Å². The lowest BCUT2D eigenvalue weighted by atomic mass is 10.1. The summed E-state index contributed by atoms with van der Waals surface area (Å²) < 4.78 is 5.19. The lowest BCUT2D eigenvalue weighted by molar-refractivity contribution is 0.201. The predicted octanol–water partition coefficient (Wildman–Crippen LogP) is 2.09. The van der Waals surface area contributed by atoms with Gasteiger partial charge in [0.05, 0.1) is 12.7 Å². The normalized spacial score (nSPS) is 19.2. The molecule has 1 saturated heterocycles. The van der Waals surface area contributed by atoms with Gasteiger partial charge in [0.15, 0.2) is 0 Å². The van der Waals surface area contributed by atoms with Gasteiger partial charge in [-0.15, -0.1) is 0 Å². The zero-order valence-corrected chi connectivity index (χ0v) is 12.6. The Balaban J connectivity index is 2.08. The van der Waals surface area contributed by atoms with Crippen molar-refractivity contribution in [3.8, 4) is 11.8 Å². The molecule has 0 N–H and O–H groups in total. The molecule has 0 aromatic heterocycles. The van der Waals surface area contributed by atoms with Gasteiger partial charge in [-0.25, -0.2) is 0 Å². The summed E-state index contributed by atoms with van der Waals surface area (Å²) in [4.78, 5) is 4.76. The lowest BCUT2D eigenvalue weighted by Crippen LogP contribution is -2.37. The number of ether oxygens (including phenoxy) is 1. The second-order valence-electron chi connectivity index (χ2n) is 5.68. The van der Waals surface area contributed by atoms with E-state index in [4.69, 9.17) is 10.00 Å². The average Bonchev–Trinajstić information content (AvgIpc) is 2.85. The van der Waals surface area contributed by atoms with Gasteiger partial charge in [-0.05, 0) is 51.2 Å². The van der Waals surface area contributed by atoms with Gasteiger partial charge in [-0.1, -0.05) is 6.07 Å². The fourth-order valence-corrected chi connectivity index (χ4v) is 2.91. The van der Waals surface area contributed by atoms with Crippen molar-refractivity contribution in [2.75, 3.05) is 34.3 Å². The van der Waals surface area contributed by atoms with E-state index in [0.717, 1.165) is 19.6 Å². The third-order valence-electron chi connectivity index (χ3n) is 3.84. The maximum Gasteiger partial charge on any atom is 0.136 e. The maximum absolute atomic E-state index is 9.16. The highest BCUT2D eigenvalue weighted by Gasteiger charge is 2.24. The number of nitriles is 1. The second kappa shape index (κ2) is 6.74. The molecule has 0 spiro atoms. The minimum Gasteiger partial charge on any atom is -0.495 e. The lowest BCUT2D eigenvalue weighted by Gasteiger charge is -2.27. The van der Waals surface area contributed by atoms with Crippen molar-refractivity contribution in [3.05, 3.63) is 29.3 Å². The van der Waals surface area contributed by atoms with Gasteiger partial charge >= 0.3 is 0 Å². The monoisotopic (exact) mass is 273 g/mol. The number of rotatable bonds is 5. The van der Waals surface area contributed by atoms with Crippen molar-refractivity contribution in [1.82, 2.24) is 9.80 Å². The quantitative estimate of drug-likeness (QED) is 0.823. The Bertz CT molecular complexity index is 493. The summed E-state index contributed by atoms with van der Waals surface area (Å²) in [5.41, 5.74) is 1.81. The molecule has 4 heteroatoms. The molecule has 1 aliphatic heterocycles. The summed E-state index contributed by atoms with van der Waals surface area (Å²) in [5, 5.41) is 9.16. The Hall–Kier alpha value is -1.57. The number of likely N-dealkylation sites (N-methyl/N-ethyl adjacent to an activating group) is 1. The third kappa shape index (κ3) is 3.50. The van der Waals surface area contributed by atoms with Gasteiger partial charge in [0, 0.05) is 19.1 Å². The molecule has 0 amide bonds. The van der Waals surface area contributed by atoms with Crippen LogP contribution in [0.15, 0.2) is 18.2 Å². The van der Waals surface area contributed by atoms with E-state index in [9.17, 15) is 0 Å². The van der Waals surface area contributed by atoms with Crippen LogP contribution in [-0.4, -0.2) is 50.1 Å². The molecule has 1 aromatic rings. The highest BCUT2D eigenvalue weighted by molar-refractivity contribution is 5.45. The van der Waals surface area contributed by atoms with Crippen LogP contribution >= 0.6 is 0 Å². The van der Waals surface area contributed by atoms with Gasteiger partial charge in [-0.2, -0.15) is 5.26 Å². The van der Waals surface area contributed by atoms with Crippen molar-refractivity contribution >= 4 is 0 Å². The molecule has 4 nitrogen and oxygen atoms in total. The van der Waals surface area contributed by atoms with Crippen LogP contribution in [0.2, 0.25) is 0 Å². The molecule has 1 aliphatic rings. The fourth-order valence-electron chi connectivity index (χ4n) is 2.91. The average molecular weight is 273 g/mol. The van der Waals surface area contributed by atoms with Crippen molar-refractivity contribution in [1.29, 1.82) is 5.26 Å². The minimum absolute atomic E-state index is 0.619. The molecule has 1 heterocycles. The number of likely N-dealkylation sites (tertiary alicyclic amines) is 1. The van der Waals surface area contributed by atoms with Crippen LogP contribution in [0, 0.1) is 11.3 Å². The molecule has 2 rings (SSSR count). The number of hydrogen-bond donors (Lipinski definition) is 0. The largest absolute Gasteiger partial charge is 0.495 e. The number of methoxy groups -OCH3 is 1. The van der Waals surface area contributed by atoms with Gasteiger partial charge in [0.1, 0.15) is 11.8 Å². The fraction of sp³-hybridized carbons (Fsp3) is 0.562. The van der Waals surface area contributed by atoms with Crippen LogP contribution in [0.1, 0.15) is 24.0 Å². The van der Waals surface area contributed by atoms with Gasteiger partial charge in [0.25, 0.3) is 0 Å². The van der Waals surface area contributed by atoms with Gasteiger partial charge in [-0.3, -0.25) is 4.90 Å². The summed E-state index contributed by atoms with van der Waals surface area (Å²) in [7, 11) is 5.85. The number of nitrogens with zero attached hydrogens (tertiary/aromatic N) is 3. The molecule has 1 fully saturated rings. The van der Waals surface area contributed by atoms with Crippen LogP contribution in [-0.2, 0) is 6.54 Å². The summed E-state index contributed by atoms with van der Waals surface area (Å²) >= 11 is 0. The van der Waals surface area contributed by atoms with Crippen molar-refractivity contribution in [2.24, 2.45) is 0 Å². The first-order chi connectivity index (χ1) is 9.63. The van der Waals surface area contributed by atoms with E-state index in [-0.39, 0.29) is 0 Å². The van der Waals surface area contributed by atoms with Crippen LogP contribution < -0.4 is 4.74 Å². The smallest absolute Gasteiger partial charge is 0.136 e. The highest BCUT2D eigenvalue weighted by atomic mass is 16.5. The van der Waals surface area contributed by atoms with Crippen molar-refractivity contribution in [3.63, 3.8) is 0 Å². The standard InChI is InChI=1S/C16H23N3O/c1-18(2)12-15-5-4-8-19(15)11-13-6-7-16(20-3)14(9-13)10-17/h6-7,9,15H,4-5,8,11-12H2,1-3H3. The Morgan fingerprint density at radius 2 is 2.25 bits per heavy atom. The first kappa shape index (κ1) is 14.8. The van der Waals surface area contributed by atoms with E-state index < -0.39 is 0 Å². The Labute approximate surface area is 121 Å². The van der Waals surface area contributed by atoms with Crippen LogP contribution in [0.3, 0.4) is 0 Å². The highest BCUT2D eigenvalue weighted by Crippen LogP contribution is 2.23. The Morgan fingerprint density at radius 3 is 2.90 bits per heavy atom. The minimum atomic E-state index is 0.619. The Morgan fingerprint density at radius 1 is 1.45 bits per heavy atom. The van der Waals surface area contributed by atoms with Gasteiger partial charge in [0.2, 0.25) is 0 Å². The van der Waals surface area contributed by atoms with Crippen molar-refractivity contribution < 1.29 is 4.74 Å². The third-order valence-corrected chi connectivity index (χ3v) is 3.84. The van der Waals surface area contributed by atoms with Crippen LogP contribution in [0.5, 0.6) is 5.75 Å². The molecule has 20 heavy (non-hydrogen) atoms. The maximum atomic E-state index is 9.16. The molecule has 1 unspecified atom stereocenters. The zero-order chi connectivity index (χ0) is 14.5. The molecule has 1 atom stereocenters. The second-order valence-corrected chi connectivity index (χ2v) is 5.68. The zero-order valence-electron chi connectivity index (χ0n) is 12.6. The molecule has 0 bridgehead atoms. The molecule has 108 valence electrons. The van der Waals surface area contributed by atoms with E-state index in [2.05, 4.69) is 36.0 Å². The summed E-state index contributed by atoms with van der Waals surface area (Å²) in [6.45, 7) is 3.16. The van der Waals surface area contributed by atoms with E-state index >= 15 is 0 Å². The number of hydrogen-bond acceptors (Lipinski definition) is 4. The molecular weight excluding hydrogens is 250 g/mol. The van der Waals surface area contributed by atoms with Crippen LogP contribution in [0.4, 0.5) is 0 Å². The van der Waals surface area contributed by atoms with Crippen LogP contribution in [0.25, 0.3) is 0 Å². The predicted molar refractivity (Wildman–Crippen MR) is 79.7 cm³/mol. The summed E-state index contributed by atoms with van der Waals surface area (Å²) in [6, 6.07) is 8.73. The topological polar surface area (TPSA) is 39.5 Å². The van der Waals surface area contributed by atoms with Crippen molar-refractivity contribution in [2.45, 2.75) is 25.4 Å². The molecule has 0 saturated carbocycles. The molecule has 0 radical (unpaired) electrons. The molecular formula is C16H23N3O. The summed E-state index contributed by atoms with van der Waals surface area (Å²) in [5.74, 6) is 0.655.